The average molecular weight is 933 g/mol. The number of hydrogen-bond donors (Lipinski definition) is 2. The fourth-order valence-corrected chi connectivity index (χ4v) is 9.03. The van der Waals surface area contributed by atoms with Crippen molar-refractivity contribution in [2.24, 2.45) is 11.8 Å². The number of piperidine rings is 1. The van der Waals surface area contributed by atoms with E-state index < -0.39 is 35.5 Å². The number of ketones is 2. The number of rotatable bonds is 23. The zero-order chi connectivity index (χ0) is 46.7. The lowest BCUT2D eigenvalue weighted by atomic mass is 9.86. The summed E-state index contributed by atoms with van der Waals surface area (Å²) in [5.74, 6) is -3.74. The molecule has 15 nitrogen and oxygen atoms in total. The van der Waals surface area contributed by atoms with Gasteiger partial charge in [-0.3, -0.25) is 39.4 Å². The lowest BCUT2D eigenvalue weighted by Crippen LogP contribution is -2.42. The Kier molecular flexibility index (Phi) is 15.5. The highest BCUT2D eigenvalue weighted by Gasteiger charge is 2.43. The quantitative estimate of drug-likeness (QED) is 0.0402. The van der Waals surface area contributed by atoms with Gasteiger partial charge in [0.15, 0.2) is 16.7 Å². The number of benzene rings is 4. The molecule has 348 valence electrons. The van der Waals surface area contributed by atoms with Crippen molar-refractivity contribution in [2.45, 2.75) is 51.3 Å². The molecule has 0 bridgehead atoms. The normalized spacial score (nSPS) is 17.0. The Bertz CT molecular complexity index is 2610. The molecule has 2 N–H and O–H groups in total. The van der Waals surface area contributed by atoms with Crippen molar-refractivity contribution in [3.63, 3.8) is 0 Å². The van der Waals surface area contributed by atoms with Crippen LogP contribution in [0.15, 0.2) is 96.5 Å². The first-order valence-corrected chi connectivity index (χ1v) is 23.0. The zero-order valence-electron chi connectivity index (χ0n) is 36.5. The van der Waals surface area contributed by atoms with Gasteiger partial charge < -0.3 is 28.6 Å². The monoisotopic (exact) mass is 932 g/mol. The van der Waals surface area contributed by atoms with Crippen LogP contribution in [0.4, 0.5) is 9.52 Å². The molecule has 0 spiro atoms. The summed E-state index contributed by atoms with van der Waals surface area (Å²) in [5.41, 5.74) is 3.77. The van der Waals surface area contributed by atoms with Crippen LogP contribution in [0.1, 0.15) is 85.1 Å². The van der Waals surface area contributed by atoms with Crippen LogP contribution in [-0.2, 0) is 48.2 Å². The summed E-state index contributed by atoms with van der Waals surface area (Å²) in [6.45, 7) is 2.56. The van der Waals surface area contributed by atoms with E-state index in [0.717, 1.165) is 16.7 Å². The molecular formula is C50H49FN4O11S. The predicted octanol–water partition coefficient (Wildman–Crippen LogP) is 6.70. The van der Waals surface area contributed by atoms with Gasteiger partial charge in [-0.2, -0.15) is 0 Å². The number of halogens is 1. The number of carbonyl (C=O) groups is 6. The summed E-state index contributed by atoms with van der Waals surface area (Å²) < 4.78 is 44.0. The second-order valence-corrected chi connectivity index (χ2v) is 17.1. The van der Waals surface area contributed by atoms with Crippen LogP contribution in [0, 0.1) is 17.7 Å². The molecule has 5 aromatic rings. The maximum Gasteiger partial charge on any atom is 0.255 e. The summed E-state index contributed by atoms with van der Waals surface area (Å²) in [7, 11) is 0. The van der Waals surface area contributed by atoms with Crippen LogP contribution < -0.4 is 20.1 Å². The molecule has 67 heavy (non-hydrogen) atoms. The third-order valence-electron chi connectivity index (χ3n) is 11.8. The van der Waals surface area contributed by atoms with Crippen LogP contribution in [0.5, 0.6) is 11.5 Å². The highest BCUT2D eigenvalue weighted by atomic mass is 32.1. The molecule has 1 aromatic heterocycles. The van der Waals surface area contributed by atoms with Gasteiger partial charge in [0, 0.05) is 59.3 Å². The Morgan fingerprint density at radius 1 is 0.836 bits per heavy atom. The number of amides is 4. The molecule has 3 atom stereocenters. The summed E-state index contributed by atoms with van der Waals surface area (Å²) >= 11 is 1.23. The van der Waals surface area contributed by atoms with Gasteiger partial charge in [-0.1, -0.05) is 48.5 Å². The molecule has 0 radical (unpaired) electrons. The number of hydrogen-bond acceptors (Lipinski definition) is 13. The number of Topliss-reactive ketones (excluding diaryl/α,β-unsaturated/α-hetero) is 2. The van der Waals surface area contributed by atoms with Crippen molar-refractivity contribution in [3.8, 4) is 11.5 Å². The lowest BCUT2D eigenvalue weighted by molar-refractivity contribution is -0.136. The Morgan fingerprint density at radius 2 is 1.60 bits per heavy atom. The summed E-state index contributed by atoms with van der Waals surface area (Å²) in [4.78, 5) is 83.8. The maximum atomic E-state index is 15.0. The van der Waals surface area contributed by atoms with Crippen molar-refractivity contribution in [1.29, 1.82) is 0 Å². The van der Waals surface area contributed by atoms with Gasteiger partial charge >= 0.3 is 0 Å². The largest absolute Gasteiger partial charge is 0.491 e. The van der Waals surface area contributed by atoms with E-state index in [1.165, 1.54) is 34.4 Å². The van der Waals surface area contributed by atoms with Gasteiger partial charge in [-0.05, 0) is 78.8 Å². The van der Waals surface area contributed by atoms with Gasteiger partial charge in [0.25, 0.3) is 11.8 Å². The Labute approximate surface area is 389 Å². The van der Waals surface area contributed by atoms with Crippen LogP contribution in [0.3, 0.4) is 0 Å². The standard InChI is InChI=1S/C50H49FN4O11S/c51-35-12-15-41(66-30-31-6-2-1-3-7-31)39(27-35)44(48(60)54-50-52-17-25-67-50)55-29-34-9-4-8-32(43(34)49(55)61)10-5-18-62-19-20-63-21-22-64-23-24-65-36-13-14-37-38(28-36)46(58)40(45(37)57)26-33-11-16-42(56)53-47(33)59/h1-4,6-9,12-15,17,25,27-28,33,40,44H,5,10-11,16,18-24,26,29-30H2,(H,52,54,60)(H,53,56,59). The van der Waals surface area contributed by atoms with E-state index in [9.17, 15) is 33.2 Å². The number of thiazole rings is 1. The van der Waals surface area contributed by atoms with Crippen molar-refractivity contribution >= 4 is 51.7 Å². The Balaban J connectivity index is 0.753. The van der Waals surface area contributed by atoms with Crippen LogP contribution in [-0.4, -0.2) is 91.3 Å². The molecule has 4 amide bonds. The molecular weight excluding hydrogens is 884 g/mol. The second-order valence-electron chi connectivity index (χ2n) is 16.2. The smallest absolute Gasteiger partial charge is 0.255 e. The number of fused-ring (bicyclic) bond motifs is 2. The molecule has 1 saturated heterocycles. The maximum absolute atomic E-state index is 15.0. The van der Waals surface area contributed by atoms with Gasteiger partial charge in [-0.15, -0.1) is 11.3 Å². The number of aromatic nitrogens is 1. The van der Waals surface area contributed by atoms with E-state index in [1.807, 2.05) is 48.5 Å². The number of aryl methyl sites for hydroxylation is 1. The predicted molar refractivity (Wildman–Crippen MR) is 242 cm³/mol. The summed E-state index contributed by atoms with van der Waals surface area (Å²) in [5, 5.41) is 7.16. The zero-order valence-corrected chi connectivity index (χ0v) is 37.4. The molecule has 17 heteroatoms. The fourth-order valence-electron chi connectivity index (χ4n) is 8.50. The van der Waals surface area contributed by atoms with E-state index in [2.05, 4.69) is 15.6 Å². The second kappa shape index (κ2) is 22.2. The van der Waals surface area contributed by atoms with Crippen molar-refractivity contribution in [2.75, 3.05) is 51.6 Å². The topological polar surface area (TPSA) is 189 Å². The van der Waals surface area contributed by atoms with E-state index in [1.54, 1.807) is 29.8 Å². The molecule has 3 unspecified atom stereocenters. The molecule has 4 aromatic carbocycles. The van der Waals surface area contributed by atoms with Gasteiger partial charge in [-0.25, -0.2) is 9.37 Å². The lowest BCUT2D eigenvalue weighted by Gasteiger charge is -2.28. The van der Waals surface area contributed by atoms with Crippen LogP contribution in [0.2, 0.25) is 0 Å². The third-order valence-corrected chi connectivity index (χ3v) is 12.5. The highest BCUT2D eigenvalue weighted by Crippen LogP contribution is 2.39. The van der Waals surface area contributed by atoms with Gasteiger partial charge in [0.1, 0.15) is 36.6 Å². The fraction of sp³-hybridized carbons (Fsp3) is 0.340. The van der Waals surface area contributed by atoms with Crippen molar-refractivity contribution < 1.29 is 56.8 Å². The van der Waals surface area contributed by atoms with Crippen LogP contribution in [0.25, 0.3) is 0 Å². The molecule has 1 aliphatic carbocycles. The highest BCUT2D eigenvalue weighted by molar-refractivity contribution is 7.13. The van der Waals surface area contributed by atoms with Crippen molar-refractivity contribution in [1.82, 2.24) is 15.2 Å². The first kappa shape index (κ1) is 46.9. The van der Waals surface area contributed by atoms with Crippen LogP contribution >= 0.6 is 11.3 Å². The number of anilines is 1. The minimum atomic E-state index is -1.23. The minimum Gasteiger partial charge on any atom is -0.491 e. The number of nitrogens with one attached hydrogen (secondary N) is 2. The average Bonchev–Trinajstić information content (AvgIpc) is 4.02. The molecule has 3 heterocycles. The number of nitrogens with zero attached hydrogens (tertiary/aromatic N) is 2. The van der Waals surface area contributed by atoms with Crippen molar-refractivity contribution in [3.05, 3.63) is 141 Å². The molecule has 0 saturated carbocycles. The number of ether oxygens (including phenoxy) is 5. The number of carbonyl (C=O) groups excluding carboxylic acids is 6. The number of imide groups is 1. The molecule has 3 aliphatic rings. The third kappa shape index (κ3) is 11.5. The van der Waals surface area contributed by atoms with E-state index in [-0.39, 0.29) is 79.5 Å². The minimum absolute atomic E-state index is 0.0688. The summed E-state index contributed by atoms with van der Waals surface area (Å²) in [6.07, 6.45) is 3.30. The first-order valence-electron chi connectivity index (χ1n) is 22.1. The molecule has 2 aliphatic heterocycles. The summed E-state index contributed by atoms with van der Waals surface area (Å²) in [6, 6.07) is 22.6. The van der Waals surface area contributed by atoms with Gasteiger partial charge in [0.2, 0.25) is 11.8 Å². The Morgan fingerprint density at radius 3 is 2.36 bits per heavy atom. The van der Waals surface area contributed by atoms with E-state index in [4.69, 9.17) is 23.7 Å². The van der Waals surface area contributed by atoms with E-state index >= 15 is 0 Å². The molecule has 8 rings (SSSR count). The van der Waals surface area contributed by atoms with E-state index in [0.29, 0.717) is 74.3 Å². The first-order chi connectivity index (χ1) is 32.6. The SMILES string of the molecule is O=C1CCC(CC2C(=O)c3ccc(OCCOCCOCCOCCCc4cccc5c4C(=O)N(C(C(=O)Nc4nccs4)c4cc(F)ccc4OCc4ccccc4)C5)cc3C2=O)C(=O)N1. The van der Waals surface area contributed by atoms with Gasteiger partial charge in [0.05, 0.1) is 39.0 Å². The molecule has 1 fully saturated rings. The Hall–Kier alpha value is -6.66.